The molecule has 0 spiro atoms. The number of hydrogen-bond donors (Lipinski definition) is 2. The molecule has 1 rings (SSSR count). The van der Waals surface area contributed by atoms with Crippen molar-refractivity contribution in [2.75, 3.05) is 6.54 Å². The molecule has 5 nitrogen and oxygen atoms in total. The molecule has 18 heavy (non-hydrogen) atoms. The van der Waals surface area contributed by atoms with Gasteiger partial charge in [0.05, 0.1) is 6.20 Å². The molecular formula is C13H22N3O2+. The number of carboxylic acids is 1. The van der Waals surface area contributed by atoms with Gasteiger partial charge >= 0.3 is 5.97 Å². The van der Waals surface area contributed by atoms with Crippen molar-refractivity contribution in [3.8, 4) is 0 Å². The highest BCUT2D eigenvalue weighted by atomic mass is 16.4. The van der Waals surface area contributed by atoms with Crippen LogP contribution in [-0.2, 0) is 4.79 Å². The molecule has 0 aliphatic carbocycles. The van der Waals surface area contributed by atoms with E-state index in [0.717, 1.165) is 31.5 Å². The van der Waals surface area contributed by atoms with E-state index in [9.17, 15) is 4.79 Å². The van der Waals surface area contributed by atoms with Crippen molar-refractivity contribution >= 4 is 11.8 Å². The molecule has 1 aliphatic rings. The summed E-state index contributed by atoms with van der Waals surface area (Å²) in [6.45, 7) is 5.45. The number of rotatable bonds is 8. The number of aliphatic imine (C=N–C) groups is 1. The smallest absolute Gasteiger partial charge is 0.360 e. The summed E-state index contributed by atoms with van der Waals surface area (Å²) >= 11 is 0. The van der Waals surface area contributed by atoms with E-state index >= 15 is 0 Å². The first-order valence-corrected chi connectivity index (χ1v) is 6.23. The van der Waals surface area contributed by atoms with Gasteiger partial charge in [0.25, 0.3) is 0 Å². The highest BCUT2D eigenvalue weighted by Crippen LogP contribution is 2.23. The average Bonchev–Trinajstić information content (AvgIpc) is 2.68. The minimum atomic E-state index is -0.863. The first-order valence-electron chi connectivity index (χ1n) is 6.23. The fraction of sp³-hybridized carbons (Fsp3) is 0.538. The third-order valence-corrected chi connectivity index (χ3v) is 3.22. The van der Waals surface area contributed by atoms with Crippen molar-refractivity contribution in [2.24, 2.45) is 10.7 Å². The third kappa shape index (κ3) is 3.27. The number of nitrogens with two attached hydrogens (primary N) is 1. The lowest BCUT2D eigenvalue weighted by molar-refractivity contribution is -0.805. The fourth-order valence-electron chi connectivity index (χ4n) is 2.16. The highest BCUT2D eigenvalue weighted by Gasteiger charge is 2.40. The van der Waals surface area contributed by atoms with Gasteiger partial charge in [-0.2, -0.15) is 0 Å². The molecule has 3 N–H and O–H groups in total. The average molecular weight is 252 g/mol. The molecule has 0 bridgehead atoms. The lowest BCUT2D eigenvalue weighted by Gasteiger charge is -2.34. The molecule has 1 heterocycles. The van der Waals surface area contributed by atoms with E-state index in [1.165, 1.54) is 0 Å². The predicted octanol–water partition coefficient (Wildman–Crippen LogP) is 1.82. The molecule has 100 valence electrons. The van der Waals surface area contributed by atoms with Gasteiger partial charge in [0.2, 0.25) is 5.84 Å². The number of aliphatic carboxylic acids is 1. The molecule has 5 heteroatoms. The van der Waals surface area contributed by atoms with Crippen LogP contribution in [0.5, 0.6) is 0 Å². The molecule has 2 atom stereocenters. The van der Waals surface area contributed by atoms with Crippen LogP contribution in [0, 0.1) is 0 Å². The van der Waals surface area contributed by atoms with E-state index in [2.05, 4.69) is 11.6 Å². The van der Waals surface area contributed by atoms with E-state index in [4.69, 9.17) is 10.8 Å². The Kier molecular flexibility index (Phi) is 5.25. The summed E-state index contributed by atoms with van der Waals surface area (Å²) in [6.07, 6.45) is 8.77. The van der Waals surface area contributed by atoms with E-state index in [0.29, 0.717) is 0 Å². The Bertz CT molecular complexity index is 374. The summed E-state index contributed by atoms with van der Waals surface area (Å²) in [4.78, 5) is 15.3. The SMILES string of the molecule is C=CCCCCC1=NC=C[N+]1(CC(=O)O)C(C)N. The van der Waals surface area contributed by atoms with E-state index in [-0.39, 0.29) is 17.2 Å². The number of unbranched alkanes of at least 4 members (excludes halogenated alkanes) is 2. The second-order valence-electron chi connectivity index (χ2n) is 4.60. The van der Waals surface area contributed by atoms with Crippen LogP contribution in [0.15, 0.2) is 30.0 Å². The maximum atomic E-state index is 11.0. The summed E-state index contributed by atoms with van der Waals surface area (Å²) < 4.78 is 0.142. The number of hydrogen-bond acceptors (Lipinski definition) is 3. The van der Waals surface area contributed by atoms with Crippen molar-refractivity contribution in [2.45, 2.75) is 38.8 Å². The molecule has 0 radical (unpaired) electrons. The van der Waals surface area contributed by atoms with E-state index in [1.807, 2.05) is 13.0 Å². The summed E-state index contributed by atoms with van der Waals surface area (Å²) in [6, 6.07) is 0. The Hall–Kier alpha value is -1.46. The van der Waals surface area contributed by atoms with Crippen LogP contribution in [0.2, 0.25) is 0 Å². The van der Waals surface area contributed by atoms with Crippen LogP contribution in [0.4, 0.5) is 0 Å². The zero-order chi connectivity index (χ0) is 13.6. The maximum Gasteiger partial charge on any atom is 0.360 e. The molecule has 0 saturated carbocycles. The van der Waals surface area contributed by atoms with Gasteiger partial charge < -0.3 is 5.11 Å². The van der Waals surface area contributed by atoms with Crippen LogP contribution >= 0.6 is 0 Å². The Morgan fingerprint density at radius 2 is 2.39 bits per heavy atom. The van der Waals surface area contributed by atoms with Crippen LogP contribution in [0.25, 0.3) is 0 Å². The monoisotopic (exact) mass is 252 g/mol. The van der Waals surface area contributed by atoms with E-state index < -0.39 is 5.97 Å². The lowest BCUT2D eigenvalue weighted by Crippen LogP contribution is -2.59. The van der Waals surface area contributed by atoms with Gasteiger partial charge in [-0.15, -0.1) is 6.58 Å². The first kappa shape index (κ1) is 14.6. The second kappa shape index (κ2) is 6.47. The summed E-state index contributed by atoms with van der Waals surface area (Å²) in [5.41, 5.74) is 5.96. The highest BCUT2D eigenvalue weighted by molar-refractivity contribution is 5.81. The van der Waals surface area contributed by atoms with Gasteiger partial charge in [-0.25, -0.2) is 14.3 Å². The molecule has 0 aromatic heterocycles. The molecule has 1 aliphatic heterocycles. The van der Waals surface area contributed by atoms with Crippen LogP contribution in [0.1, 0.15) is 32.6 Å². The topological polar surface area (TPSA) is 75.7 Å². The molecular weight excluding hydrogens is 230 g/mol. The Morgan fingerprint density at radius 3 is 2.94 bits per heavy atom. The number of carbonyl (C=O) groups is 1. The van der Waals surface area contributed by atoms with Crippen molar-refractivity contribution < 1.29 is 14.4 Å². The standard InChI is InChI=1S/C13H21N3O2/c1-3-4-5-6-7-12-15-8-9-16(12,11(2)14)10-13(17)18/h3,8-9,11H,1,4-7,10,14H2,2H3/p+1. The minimum absolute atomic E-state index is 0.0472. The van der Waals surface area contributed by atoms with Crippen LogP contribution in [-0.4, -0.2) is 34.1 Å². The van der Waals surface area contributed by atoms with Gasteiger partial charge in [-0.3, -0.25) is 5.73 Å². The molecule has 2 unspecified atom stereocenters. The molecule has 0 fully saturated rings. The summed E-state index contributed by atoms with van der Waals surface area (Å²) in [5, 5.41) is 9.04. The summed E-state index contributed by atoms with van der Waals surface area (Å²) in [5.74, 6) is -0.0193. The lowest BCUT2D eigenvalue weighted by atomic mass is 10.1. The van der Waals surface area contributed by atoms with Crippen molar-refractivity contribution in [1.29, 1.82) is 0 Å². The molecule has 0 saturated heterocycles. The zero-order valence-corrected chi connectivity index (χ0v) is 10.9. The van der Waals surface area contributed by atoms with Crippen molar-refractivity contribution in [1.82, 2.24) is 0 Å². The maximum absolute atomic E-state index is 11.0. The number of nitrogens with zero attached hydrogens (tertiary/aromatic N) is 2. The first-order chi connectivity index (χ1) is 8.53. The van der Waals surface area contributed by atoms with Gasteiger partial charge in [0.1, 0.15) is 12.4 Å². The summed E-state index contributed by atoms with van der Waals surface area (Å²) in [7, 11) is 0. The number of carboxylic acid groups (broad SMARTS) is 1. The molecule has 0 aromatic rings. The van der Waals surface area contributed by atoms with Crippen LogP contribution in [0.3, 0.4) is 0 Å². The molecule has 0 aromatic carbocycles. The van der Waals surface area contributed by atoms with Gasteiger partial charge in [-0.1, -0.05) is 6.08 Å². The van der Waals surface area contributed by atoms with Crippen molar-refractivity contribution in [3.63, 3.8) is 0 Å². The predicted molar refractivity (Wildman–Crippen MR) is 71.7 cm³/mol. The zero-order valence-electron chi connectivity index (χ0n) is 10.9. The van der Waals surface area contributed by atoms with Crippen molar-refractivity contribution in [3.05, 3.63) is 25.1 Å². The number of amidine groups is 1. The molecule has 0 amide bonds. The van der Waals surface area contributed by atoms with Gasteiger partial charge in [0, 0.05) is 13.3 Å². The van der Waals surface area contributed by atoms with Gasteiger partial charge in [0.15, 0.2) is 6.54 Å². The Labute approximate surface area is 108 Å². The third-order valence-electron chi connectivity index (χ3n) is 3.22. The normalized spacial score (nSPS) is 23.8. The largest absolute Gasteiger partial charge is 0.477 e. The number of quaternary nitrogens is 1. The Balaban J connectivity index is 2.70. The van der Waals surface area contributed by atoms with Crippen LogP contribution < -0.4 is 5.73 Å². The fourth-order valence-corrected chi connectivity index (χ4v) is 2.16. The van der Waals surface area contributed by atoms with Gasteiger partial charge in [-0.05, 0) is 19.3 Å². The second-order valence-corrected chi connectivity index (χ2v) is 4.60. The van der Waals surface area contributed by atoms with E-state index in [1.54, 1.807) is 12.4 Å². The minimum Gasteiger partial charge on any atom is -0.477 e. The quantitative estimate of drug-likeness (QED) is 0.393. The number of allylic oxidation sites excluding steroid dienone is 1. The Morgan fingerprint density at radius 1 is 1.67 bits per heavy atom.